The lowest BCUT2D eigenvalue weighted by Crippen LogP contribution is -2.24. The smallest absolute Gasteiger partial charge is 0.191 e. The fourth-order valence-electron chi connectivity index (χ4n) is 1.12. The maximum Gasteiger partial charge on any atom is 0.191 e. The number of hydrogen-bond donors (Lipinski definition) is 0. The normalized spacial score (nSPS) is 11.4. The highest BCUT2D eigenvalue weighted by atomic mass is 19.1. The average molecular weight is 230 g/mol. The predicted octanol–water partition coefficient (Wildman–Crippen LogP) is 4.08. The van der Waals surface area contributed by atoms with Crippen LogP contribution in [0, 0.1) is 11.6 Å². The highest BCUT2D eigenvalue weighted by Gasteiger charge is 2.20. The van der Waals surface area contributed by atoms with Gasteiger partial charge in [0.25, 0.3) is 0 Å². The molecular formula is C12H13F3O. The summed E-state index contributed by atoms with van der Waals surface area (Å²) in [6.07, 6.45) is 0. The molecule has 0 amide bonds. The second-order valence-electron chi connectivity index (χ2n) is 4.39. The molecule has 0 aliphatic rings. The maximum absolute atomic E-state index is 13.4. The zero-order valence-corrected chi connectivity index (χ0v) is 9.40. The van der Waals surface area contributed by atoms with Crippen molar-refractivity contribution in [2.24, 2.45) is 0 Å². The van der Waals surface area contributed by atoms with Crippen LogP contribution in [0.3, 0.4) is 0 Å². The second-order valence-corrected chi connectivity index (χ2v) is 4.39. The first-order valence-corrected chi connectivity index (χ1v) is 4.73. The first kappa shape index (κ1) is 12.6. The van der Waals surface area contributed by atoms with E-state index in [9.17, 15) is 13.2 Å². The molecule has 0 unspecified atom stereocenters. The molecule has 0 saturated carbocycles. The molecule has 0 heterocycles. The van der Waals surface area contributed by atoms with E-state index in [0.717, 1.165) is 12.1 Å². The van der Waals surface area contributed by atoms with Crippen LogP contribution >= 0.6 is 0 Å². The van der Waals surface area contributed by atoms with Crippen molar-refractivity contribution in [1.29, 1.82) is 0 Å². The molecule has 0 bridgehead atoms. The van der Waals surface area contributed by atoms with E-state index in [4.69, 9.17) is 4.74 Å². The molecule has 0 fully saturated rings. The highest BCUT2D eigenvalue weighted by Crippen LogP contribution is 2.29. The molecule has 0 aliphatic heterocycles. The van der Waals surface area contributed by atoms with Gasteiger partial charge in [-0.15, -0.1) is 0 Å². The van der Waals surface area contributed by atoms with E-state index in [-0.39, 0.29) is 5.56 Å². The van der Waals surface area contributed by atoms with Crippen molar-refractivity contribution in [3.63, 3.8) is 0 Å². The quantitative estimate of drug-likeness (QED) is 0.743. The first-order valence-electron chi connectivity index (χ1n) is 4.73. The molecule has 1 aromatic rings. The van der Waals surface area contributed by atoms with Crippen molar-refractivity contribution in [2.75, 3.05) is 0 Å². The van der Waals surface area contributed by atoms with Crippen LogP contribution in [0.15, 0.2) is 18.7 Å². The lowest BCUT2D eigenvalue weighted by Gasteiger charge is -2.22. The minimum absolute atomic E-state index is 0.226. The van der Waals surface area contributed by atoms with Gasteiger partial charge in [0.15, 0.2) is 17.4 Å². The standard InChI is InChI=1S/C12H13F3O/c1-7(13)8-5-9(14)11(10(15)6-8)16-12(2,3)4/h5-6H,1H2,2-4H3. The first-order chi connectivity index (χ1) is 7.20. The van der Waals surface area contributed by atoms with Crippen LogP contribution in [-0.2, 0) is 0 Å². The summed E-state index contributed by atoms with van der Waals surface area (Å²) < 4.78 is 44.6. The van der Waals surface area contributed by atoms with Gasteiger partial charge in [0, 0.05) is 5.56 Å². The molecule has 88 valence electrons. The lowest BCUT2D eigenvalue weighted by atomic mass is 10.1. The summed E-state index contributed by atoms with van der Waals surface area (Å²) in [7, 11) is 0. The van der Waals surface area contributed by atoms with E-state index in [2.05, 4.69) is 6.58 Å². The molecule has 1 aromatic carbocycles. The van der Waals surface area contributed by atoms with Gasteiger partial charge in [-0.05, 0) is 32.9 Å². The summed E-state index contributed by atoms with van der Waals surface area (Å²) in [5.41, 5.74) is -0.952. The summed E-state index contributed by atoms with van der Waals surface area (Å²) in [6.45, 7) is 7.95. The van der Waals surface area contributed by atoms with Gasteiger partial charge in [0.05, 0.1) is 0 Å². The molecular weight excluding hydrogens is 217 g/mol. The predicted molar refractivity (Wildman–Crippen MR) is 56.9 cm³/mol. The number of benzene rings is 1. The van der Waals surface area contributed by atoms with Crippen LogP contribution in [0.25, 0.3) is 5.83 Å². The Kier molecular flexibility index (Phi) is 3.31. The average Bonchev–Trinajstić information content (AvgIpc) is 2.09. The molecule has 0 spiro atoms. The summed E-state index contributed by atoms with van der Waals surface area (Å²) in [5.74, 6) is -3.27. The van der Waals surface area contributed by atoms with Crippen molar-refractivity contribution in [2.45, 2.75) is 26.4 Å². The van der Waals surface area contributed by atoms with Gasteiger partial charge in [-0.25, -0.2) is 13.2 Å². The van der Waals surface area contributed by atoms with Crippen LogP contribution in [-0.4, -0.2) is 5.60 Å². The Morgan fingerprint density at radius 2 is 1.62 bits per heavy atom. The Balaban J connectivity index is 3.18. The molecule has 0 aromatic heterocycles. The Morgan fingerprint density at radius 1 is 1.19 bits per heavy atom. The van der Waals surface area contributed by atoms with Gasteiger partial charge in [-0.2, -0.15) is 0 Å². The summed E-state index contributed by atoms with van der Waals surface area (Å²) in [4.78, 5) is 0. The lowest BCUT2D eigenvalue weighted by molar-refractivity contribution is 0.117. The van der Waals surface area contributed by atoms with E-state index in [1.807, 2.05) is 0 Å². The van der Waals surface area contributed by atoms with E-state index in [0.29, 0.717) is 0 Å². The molecule has 0 aliphatic carbocycles. The minimum atomic E-state index is -0.941. The van der Waals surface area contributed by atoms with E-state index < -0.39 is 28.8 Å². The number of hydrogen-bond acceptors (Lipinski definition) is 1. The summed E-state index contributed by atoms with van der Waals surface area (Å²) >= 11 is 0. The van der Waals surface area contributed by atoms with Gasteiger partial charge < -0.3 is 4.74 Å². The molecule has 16 heavy (non-hydrogen) atoms. The van der Waals surface area contributed by atoms with Crippen molar-refractivity contribution in [1.82, 2.24) is 0 Å². The number of rotatable bonds is 2. The minimum Gasteiger partial charge on any atom is -0.482 e. The van der Waals surface area contributed by atoms with Crippen LogP contribution in [0.5, 0.6) is 5.75 Å². The largest absolute Gasteiger partial charge is 0.482 e. The van der Waals surface area contributed by atoms with Gasteiger partial charge in [0.1, 0.15) is 11.4 Å². The van der Waals surface area contributed by atoms with E-state index in [1.54, 1.807) is 20.8 Å². The monoisotopic (exact) mass is 230 g/mol. The van der Waals surface area contributed by atoms with Crippen molar-refractivity contribution >= 4 is 5.83 Å². The molecule has 1 rings (SSSR count). The molecule has 4 heteroatoms. The van der Waals surface area contributed by atoms with Crippen LogP contribution < -0.4 is 4.74 Å². The molecule has 0 N–H and O–H groups in total. The fraction of sp³-hybridized carbons (Fsp3) is 0.333. The molecule has 0 saturated heterocycles. The molecule has 0 atom stereocenters. The third-order valence-electron chi connectivity index (χ3n) is 1.72. The van der Waals surface area contributed by atoms with Crippen molar-refractivity contribution in [3.8, 4) is 5.75 Å². The maximum atomic E-state index is 13.4. The third-order valence-corrected chi connectivity index (χ3v) is 1.72. The van der Waals surface area contributed by atoms with Crippen LogP contribution in [0.4, 0.5) is 13.2 Å². The molecule has 0 radical (unpaired) electrons. The summed E-state index contributed by atoms with van der Waals surface area (Å²) in [5, 5.41) is 0. The second kappa shape index (κ2) is 4.20. The van der Waals surface area contributed by atoms with Gasteiger partial charge in [0.2, 0.25) is 0 Å². The van der Waals surface area contributed by atoms with Gasteiger partial charge in [-0.1, -0.05) is 6.58 Å². The molecule has 1 nitrogen and oxygen atoms in total. The fourth-order valence-corrected chi connectivity index (χ4v) is 1.12. The SMILES string of the molecule is C=C(F)c1cc(F)c(OC(C)(C)C)c(F)c1. The Labute approximate surface area is 92.5 Å². The summed E-state index contributed by atoms with van der Waals surface area (Å²) in [6, 6.07) is 1.71. The Morgan fingerprint density at radius 3 is 1.94 bits per heavy atom. The highest BCUT2D eigenvalue weighted by molar-refractivity contribution is 5.57. The zero-order chi connectivity index (χ0) is 12.5. The van der Waals surface area contributed by atoms with Gasteiger partial charge in [-0.3, -0.25) is 0 Å². The van der Waals surface area contributed by atoms with E-state index in [1.165, 1.54) is 0 Å². The van der Waals surface area contributed by atoms with Crippen LogP contribution in [0.1, 0.15) is 26.3 Å². The van der Waals surface area contributed by atoms with E-state index >= 15 is 0 Å². The Hall–Kier alpha value is -1.45. The number of ether oxygens (including phenoxy) is 1. The number of halogens is 3. The van der Waals surface area contributed by atoms with Gasteiger partial charge >= 0.3 is 0 Å². The van der Waals surface area contributed by atoms with Crippen LogP contribution in [0.2, 0.25) is 0 Å². The topological polar surface area (TPSA) is 9.23 Å². The third kappa shape index (κ3) is 3.02. The van der Waals surface area contributed by atoms with Crippen molar-refractivity contribution in [3.05, 3.63) is 35.9 Å². The van der Waals surface area contributed by atoms with Crippen molar-refractivity contribution < 1.29 is 17.9 Å². The Bertz CT molecular complexity index is 396. The zero-order valence-electron chi connectivity index (χ0n) is 9.40.